The molecular weight excluding hydrogens is 454 g/mol. The summed E-state index contributed by atoms with van der Waals surface area (Å²) in [5, 5.41) is 2.46. The summed E-state index contributed by atoms with van der Waals surface area (Å²) in [4.78, 5) is 6.23. The van der Waals surface area contributed by atoms with Gasteiger partial charge >= 0.3 is 0 Å². The average molecular weight is 491 g/mol. The third-order valence-electron chi connectivity index (χ3n) is 10.8. The maximum atomic E-state index is 13.1. The van der Waals surface area contributed by atoms with E-state index in [1.54, 1.807) is 0 Å². The van der Waals surface area contributed by atoms with Crippen molar-refractivity contribution in [2.24, 2.45) is 11.3 Å². The van der Waals surface area contributed by atoms with Gasteiger partial charge in [0.1, 0.15) is 0 Å². The molecule has 5 heteroatoms. The van der Waals surface area contributed by atoms with Crippen molar-refractivity contribution in [2.45, 2.75) is 87.9 Å². The van der Waals surface area contributed by atoms with Crippen LogP contribution in [0.2, 0.25) is 0 Å². The van der Waals surface area contributed by atoms with E-state index in [1.165, 1.54) is 40.3 Å². The molecule has 3 aliphatic carbocycles. The van der Waals surface area contributed by atoms with Crippen LogP contribution in [-0.4, -0.2) is 47.1 Å². The van der Waals surface area contributed by atoms with Crippen molar-refractivity contribution in [3.8, 4) is 0 Å². The molecule has 0 N–H and O–H groups in total. The predicted molar refractivity (Wildman–Crippen MR) is 138 cm³/mol. The number of nitrogens with zero attached hydrogens (tertiary/aromatic N) is 2. The van der Waals surface area contributed by atoms with Gasteiger partial charge in [0.25, 0.3) is 6.43 Å². The lowest BCUT2D eigenvalue weighted by Crippen LogP contribution is -2.55. The van der Waals surface area contributed by atoms with Gasteiger partial charge < -0.3 is 4.74 Å². The molecule has 3 nitrogen and oxygen atoms in total. The molecular formula is C31H36F2N2O. The largest absolute Gasteiger partial charge is 0.359 e. The van der Waals surface area contributed by atoms with Crippen molar-refractivity contribution in [3.05, 3.63) is 65.5 Å². The van der Waals surface area contributed by atoms with Gasteiger partial charge in [-0.1, -0.05) is 31.2 Å². The molecule has 2 unspecified atom stereocenters. The van der Waals surface area contributed by atoms with Crippen LogP contribution >= 0.6 is 0 Å². The van der Waals surface area contributed by atoms with Crippen LogP contribution in [0.4, 0.5) is 8.78 Å². The molecule has 2 aromatic rings. The van der Waals surface area contributed by atoms with Gasteiger partial charge in [0.2, 0.25) is 0 Å². The lowest BCUT2D eigenvalue weighted by atomic mass is 9.58. The van der Waals surface area contributed by atoms with Crippen LogP contribution in [0.1, 0.15) is 69.8 Å². The number of halogens is 2. The zero-order valence-electron chi connectivity index (χ0n) is 21.4. The zero-order valence-corrected chi connectivity index (χ0v) is 21.4. The number of benzene rings is 1. The van der Waals surface area contributed by atoms with Crippen molar-refractivity contribution >= 4 is 10.8 Å². The zero-order chi connectivity index (χ0) is 24.7. The standard InChI is InChI=1S/C31H36F2N2O/c1-29-11-9-24-16-23-5-6-25(35(2)19-28(32)33)17-30(23)12-13-31(24,36-30)27(29)8-7-26(29)21-4-3-20-10-14-34-18-22(20)15-21/h3-4,9-10,14-16,18,25-28H,5-8,11-13,17,19H2,1-2H3/t25-,26?,27+,29+,30?,31+/m0/s1. The van der Waals surface area contributed by atoms with E-state index in [1.807, 2.05) is 24.3 Å². The first-order chi connectivity index (χ1) is 17.3. The highest BCUT2D eigenvalue weighted by molar-refractivity contribution is 5.82. The van der Waals surface area contributed by atoms with Crippen LogP contribution in [0, 0.1) is 11.3 Å². The number of aromatic nitrogens is 1. The fraction of sp³-hybridized carbons (Fsp3) is 0.581. The summed E-state index contributed by atoms with van der Waals surface area (Å²) >= 11 is 0. The topological polar surface area (TPSA) is 25.4 Å². The number of hydrogen-bond donors (Lipinski definition) is 0. The molecule has 0 radical (unpaired) electrons. The second-order valence-electron chi connectivity index (χ2n) is 12.4. The number of ether oxygens (including phenoxy) is 1. The molecule has 2 spiro atoms. The maximum absolute atomic E-state index is 13.1. The van der Waals surface area contributed by atoms with Gasteiger partial charge in [-0.15, -0.1) is 0 Å². The van der Waals surface area contributed by atoms with Crippen molar-refractivity contribution in [1.29, 1.82) is 0 Å². The molecule has 0 amide bonds. The quantitative estimate of drug-likeness (QED) is 0.460. The Kier molecular flexibility index (Phi) is 5.08. The van der Waals surface area contributed by atoms with Gasteiger partial charge in [-0.05, 0) is 110 Å². The first-order valence-electron chi connectivity index (χ1n) is 13.8. The number of pyridine rings is 1. The number of allylic oxidation sites excluding steroid dienone is 1. The van der Waals surface area contributed by atoms with Crippen LogP contribution in [-0.2, 0) is 4.74 Å². The molecule has 1 aromatic heterocycles. The molecule has 7 rings (SSSR count). The first kappa shape index (κ1) is 23.0. The Hall–Kier alpha value is -2.11. The predicted octanol–water partition coefficient (Wildman–Crippen LogP) is 7.04. The Morgan fingerprint density at radius 3 is 2.89 bits per heavy atom. The van der Waals surface area contributed by atoms with E-state index >= 15 is 0 Å². The van der Waals surface area contributed by atoms with E-state index in [4.69, 9.17) is 4.74 Å². The molecule has 3 fully saturated rings. The van der Waals surface area contributed by atoms with Gasteiger partial charge in [-0.2, -0.15) is 0 Å². The van der Waals surface area contributed by atoms with Crippen LogP contribution in [0.15, 0.2) is 60.0 Å². The highest BCUT2D eigenvalue weighted by Crippen LogP contribution is 2.69. The van der Waals surface area contributed by atoms with E-state index < -0.39 is 6.43 Å². The number of rotatable bonds is 4. The summed E-state index contributed by atoms with van der Waals surface area (Å²) in [6, 6.07) is 9.19. The van der Waals surface area contributed by atoms with Gasteiger partial charge in [0, 0.05) is 23.8 Å². The van der Waals surface area contributed by atoms with E-state index in [-0.39, 0.29) is 29.2 Å². The Morgan fingerprint density at radius 1 is 1.14 bits per heavy atom. The summed E-state index contributed by atoms with van der Waals surface area (Å²) in [7, 11) is 1.86. The Bertz CT molecular complexity index is 1270. The minimum absolute atomic E-state index is 0.150. The number of alkyl halides is 2. The second-order valence-corrected chi connectivity index (χ2v) is 12.4. The molecule has 2 aliphatic heterocycles. The van der Waals surface area contributed by atoms with E-state index in [0.717, 1.165) is 38.5 Å². The third-order valence-corrected chi connectivity index (χ3v) is 10.8. The molecule has 2 bridgehead atoms. The molecule has 2 saturated carbocycles. The van der Waals surface area contributed by atoms with Crippen molar-refractivity contribution in [3.63, 3.8) is 0 Å². The average Bonchev–Trinajstić information content (AvgIpc) is 3.38. The lowest BCUT2D eigenvalue weighted by Gasteiger charge is -2.55. The highest BCUT2D eigenvalue weighted by atomic mass is 19.3. The third kappa shape index (κ3) is 3.18. The molecule has 5 aliphatic rings. The van der Waals surface area contributed by atoms with Gasteiger partial charge in [0.05, 0.1) is 17.7 Å². The first-order valence-corrected chi connectivity index (χ1v) is 13.8. The fourth-order valence-electron chi connectivity index (χ4n) is 8.99. The molecule has 6 atom stereocenters. The molecule has 190 valence electrons. The Balaban J connectivity index is 1.22. The highest BCUT2D eigenvalue weighted by Gasteiger charge is 2.66. The summed E-state index contributed by atoms with van der Waals surface area (Å²) in [5.74, 6) is 0.983. The van der Waals surface area contributed by atoms with Gasteiger partial charge in [0.15, 0.2) is 0 Å². The molecule has 1 saturated heterocycles. The SMILES string of the molecule is CN(CC(F)F)[C@H]1CCC2=CC3=CC[C@]4(C)C(c5ccc6ccncc6c5)CC[C@H]4[C@@]34CCC2(C1)O4. The minimum Gasteiger partial charge on any atom is -0.359 e. The Morgan fingerprint density at radius 2 is 2.03 bits per heavy atom. The van der Waals surface area contributed by atoms with E-state index in [9.17, 15) is 8.78 Å². The summed E-state index contributed by atoms with van der Waals surface area (Å²) in [5.41, 5.74) is 3.94. The molecule has 3 heterocycles. The van der Waals surface area contributed by atoms with Crippen LogP contribution in [0.25, 0.3) is 10.8 Å². The van der Waals surface area contributed by atoms with Gasteiger partial charge in [-0.3, -0.25) is 9.88 Å². The number of hydrogen-bond acceptors (Lipinski definition) is 3. The normalized spacial score (nSPS) is 39.1. The van der Waals surface area contributed by atoms with Gasteiger partial charge in [-0.25, -0.2) is 8.78 Å². The van der Waals surface area contributed by atoms with Crippen LogP contribution in [0.5, 0.6) is 0 Å². The minimum atomic E-state index is -2.29. The van der Waals surface area contributed by atoms with Crippen molar-refractivity contribution in [1.82, 2.24) is 9.88 Å². The second kappa shape index (κ2) is 7.94. The van der Waals surface area contributed by atoms with E-state index in [2.05, 4.69) is 48.3 Å². The fourth-order valence-corrected chi connectivity index (χ4v) is 8.99. The van der Waals surface area contributed by atoms with Crippen LogP contribution in [0.3, 0.4) is 0 Å². The maximum Gasteiger partial charge on any atom is 0.251 e. The monoisotopic (exact) mass is 490 g/mol. The van der Waals surface area contributed by atoms with Crippen LogP contribution < -0.4 is 0 Å². The van der Waals surface area contributed by atoms with E-state index in [0.29, 0.717) is 11.8 Å². The lowest BCUT2D eigenvalue weighted by molar-refractivity contribution is -0.141. The molecule has 36 heavy (non-hydrogen) atoms. The molecule has 1 aromatic carbocycles. The number of fused-ring (bicyclic) bond motifs is 2. The summed E-state index contributed by atoms with van der Waals surface area (Å²) < 4.78 is 33.6. The Labute approximate surface area is 212 Å². The van der Waals surface area contributed by atoms with Crippen molar-refractivity contribution in [2.75, 3.05) is 13.6 Å². The van der Waals surface area contributed by atoms with Crippen molar-refractivity contribution < 1.29 is 13.5 Å². The summed E-state index contributed by atoms with van der Waals surface area (Å²) in [6.45, 7) is 2.35. The summed E-state index contributed by atoms with van der Waals surface area (Å²) in [6.07, 6.45) is 14.8. The smallest absolute Gasteiger partial charge is 0.251 e.